The molecular formula is C32H37N3O4. The Kier molecular flexibility index (Phi) is 7.96. The Bertz CT molecular complexity index is 1440. The first kappa shape index (κ1) is 26.5. The maximum Gasteiger partial charge on any atom is 0.223 e. The molecule has 1 aromatic heterocycles. The number of aromatic amines is 1. The van der Waals surface area contributed by atoms with Crippen LogP contribution in [0.5, 0.6) is 17.2 Å². The number of para-hydroxylation sites is 3. The molecule has 1 fully saturated rings. The quantitative estimate of drug-likeness (QED) is 0.306. The monoisotopic (exact) mass is 527 g/mol. The van der Waals surface area contributed by atoms with Crippen LogP contribution in [-0.4, -0.2) is 63.3 Å². The number of piperazine rings is 1. The van der Waals surface area contributed by atoms with Crippen molar-refractivity contribution >= 4 is 22.5 Å². The number of fused-ring (bicyclic) bond motifs is 1. The van der Waals surface area contributed by atoms with Crippen LogP contribution in [0.15, 0.2) is 66.9 Å². The Labute approximate surface area is 230 Å². The lowest BCUT2D eigenvalue weighted by Crippen LogP contribution is -2.49. The van der Waals surface area contributed by atoms with Crippen LogP contribution in [0.4, 0.5) is 5.69 Å². The van der Waals surface area contributed by atoms with Gasteiger partial charge in [-0.2, -0.15) is 0 Å². The van der Waals surface area contributed by atoms with E-state index in [0.717, 1.165) is 53.0 Å². The van der Waals surface area contributed by atoms with Gasteiger partial charge in [-0.05, 0) is 47.4 Å². The third kappa shape index (κ3) is 5.26. The summed E-state index contributed by atoms with van der Waals surface area (Å²) < 4.78 is 16.7. The number of rotatable bonds is 9. The number of amides is 1. The van der Waals surface area contributed by atoms with Crippen molar-refractivity contribution < 1.29 is 19.0 Å². The SMILES string of the molecule is CCc1cccc2c(C(CC(=O)N3CCN(c4ccccc4OC)CC3)c3ccc(OC)c(OC)c3)c[nH]c12. The Hall–Kier alpha value is -4.13. The highest BCUT2D eigenvalue weighted by Gasteiger charge is 2.28. The first-order valence-corrected chi connectivity index (χ1v) is 13.5. The largest absolute Gasteiger partial charge is 0.495 e. The summed E-state index contributed by atoms with van der Waals surface area (Å²) in [7, 11) is 4.97. The lowest BCUT2D eigenvalue weighted by atomic mass is 9.87. The zero-order valence-electron chi connectivity index (χ0n) is 23.2. The lowest BCUT2D eigenvalue weighted by molar-refractivity contribution is -0.131. The first-order valence-electron chi connectivity index (χ1n) is 13.5. The number of hydrogen-bond acceptors (Lipinski definition) is 5. The summed E-state index contributed by atoms with van der Waals surface area (Å²) in [5.41, 5.74) is 5.62. The van der Waals surface area contributed by atoms with Crippen LogP contribution in [0.2, 0.25) is 0 Å². The van der Waals surface area contributed by atoms with E-state index in [9.17, 15) is 4.79 Å². The minimum Gasteiger partial charge on any atom is -0.495 e. The minimum atomic E-state index is -0.134. The second kappa shape index (κ2) is 11.7. The van der Waals surface area contributed by atoms with Crippen LogP contribution in [0, 0.1) is 0 Å². The topological polar surface area (TPSA) is 67.0 Å². The number of ether oxygens (including phenoxy) is 3. The molecule has 0 radical (unpaired) electrons. The number of methoxy groups -OCH3 is 3. The molecule has 0 saturated carbocycles. The highest BCUT2D eigenvalue weighted by atomic mass is 16.5. The molecule has 1 aliphatic heterocycles. The number of nitrogens with zero attached hydrogens (tertiary/aromatic N) is 2. The fourth-order valence-electron chi connectivity index (χ4n) is 5.69. The minimum absolute atomic E-state index is 0.134. The second-order valence-corrected chi connectivity index (χ2v) is 9.85. The van der Waals surface area contributed by atoms with Gasteiger partial charge >= 0.3 is 0 Å². The van der Waals surface area contributed by atoms with Crippen molar-refractivity contribution in [3.8, 4) is 17.2 Å². The number of carbonyl (C=O) groups excluding carboxylic acids is 1. The molecule has 1 saturated heterocycles. The van der Waals surface area contributed by atoms with Crippen molar-refractivity contribution in [3.05, 3.63) is 83.6 Å². The van der Waals surface area contributed by atoms with Gasteiger partial charge in [0.2, 0.25) is 5.91 Å². The van der Waals surface area contributed by atoms with Crippen molar-refractivity contribution in [2.75, 3.05) is 52.4 Å². The molecule has 7 heteroatoms. The van der Waals surface area contributed by atoms with E-state index >= 15 is 0 Å². The molecule has 4 aromatic rings. The molecule has 0 spiro atoms. The highest BCUT2D eigenvalue weighted by molar-refractivity contribution is 5.88. The summed E-state index contributed by atoms with van der Waals surface area (Å²) in [6.45, 7) is 5.03. The van der Waals surface area contributed by atoms with Crippen molar-refractivity contribution in [2.24, 2.45) is 0 Å². The van der Waals surface area contributed by atoms with E-state index in [1.54, 1.807) is 21.3 Å². The maximum atomic E-state index is 13.8. The molecule has 0 bridgehead atoms. The van der Waals surface area contributed by atoms with Gasteiger partial charge in [0, 0.05) is 55.6 Å². The Morgan fingerprint density at radius 1 is 0.872 bits per heavy atom. The summed E-state index contributed by atoms with van der Waals surface area (Å²) >= 11 is 0. The Morgan fingerprint density at radius 2 is 1.62 bits per heavy atom. The number of H-pyrrole nitrogens is 1. The number of hydrogen-bond donors (Lipinski definition) is 1. The molecule has 3 aromatic carbocycles. The number of aromatic nitrogens is 1. The molecular weight excluding hydrogens is 490 g/mol. The number of aryl methyl sites for hydroxylation is 1. The molecule has 1 aliphatic rings. The standard InChI is InChI=1S/C32H37N3O4/c1-5-22-9-8-10-24-26(21-33-32(22)24)25(23-13-14-29(38-3)30(19-23)39-4)20-31(36)35-17-15-34(16-18-35)27-11-6-7-12-28(27)37-2/h6-14,19,21,25,33H,5,15-18,20H2,1-4H3. The van der Waals surface area contributed by atoms with Gasteiger partial charge in [-0.1, -0.05) is 43.3 Å². The third-order valence-corrected chi connectivity index (χ3v) is 7.84. The maximum absolute atomic E-state index is 13.8. The van der Waals surface area contributed by atoms with Crippen LogP contribution < -0.4 is 19.1 Å². The summed E-state index contributed by atoms with van der Waals surface area (Å²) in [4.78, 5) is 21.6. The molecule has 1 amide bonds. The number of carbonyl (C=O) groups is 1. The van der Waals surface area contributed by atoms with E-state index in [4.69, 9.17) is 14.2 Å². The fourth-order valence-corrected chi connectivity index (χ4v) is 5.69. The van der Waals surface area contributed by atoms with E-state index in [0.29, 0.717) is 31.0 Å². The third-order valence-electron chi connectivity index (χ3n) is 7.84. The van der Waals surface area contributed by atoms with Crippen molar-refractivity contribution in [3.63, 3.8) is 0 Å². The average Bonchev–Trinajstić information content (AvgIpc) is 3.43. The summed E-state index contributed by atoms with van der Waals surface area (Å²) in [6, 6.07) is 20.4. The first-order chi connectivity index (χ1) is 19.1. The van der Waals surface area contributed by atoms with Crippen molar-refractivity contribution in [1.29, 1.82) is 0 Å². The molecule has 2 heterocycles. The molecule has 7 nitrogen and oxygen atoms in total. The van der Waals surface area contributed by atoms with Crippen LogP contribution in [0.25, 0.3) is 10.9 Å². The van der Waals surface area contributed by atoms with Crippen molar-refractivity contribution in [1.82, 2.24) is 9.88 Å². The zero-order chi connectivity index (χ0) is 27.4. The number of anilines is 1. The summed E-state index contributed by atoms with van der Waals surface area (Å²) in [5, 5.41) is 1.16. The van der Waals surface area contributed by atoms with E-state index in [2.05, 4.69) is 47.3 Å². The predicted octanol–water partition coefficient (Wildman–Crippen LogP) is 5.63. The molecule has 1 atom stereocenters. The van der Waals surface area contributed by atoms with E-state index in [1.165, 1.54) is 5.56 Å². The zero-order valence-corrected chi connectivity index (χ0v) is 23.2. The Balaban J connectivity index is 1.42. The van der Waals surface area contributed by atoms with E-state index in [1.807, 2.05) is 41.3 Å². The smallest absolute Gasteiger partial charge is 0.223 e. The summed E-state index contributed by atoms with van der Waals surface area (Å²) in [5.74, 6) is 2.20. The fraction of sp³-hybridized carbons (Fsp3) is 0.344. The predicted molar refractivity (Wildman–Crippen MR) is 155 cm³/mol. The van der Waals surface area contributed by atoms with Crippen molar-refractivity contribution in [2.45, 2.75) is 25.7 Å². The van der Waals surface area contributed by atoms with Gasteiger partial charge in [0.1, 0.15) is 5.75 Å². The summed E-state index contributed by atoms with van der Waals surface area (Å²) in [6.07, 6.45) is 3.37. The van der Waals surface area contributed by atoms with Gasteiger partial charge in [-0.3, -0.25) is 4.79 Å². The molecule has 5 rings (SSSR count). The number of nitrogens with one attached hydrogen (secondary N) is 1. The molecule has 1 unspecified atom stereocenters. The van der Waals surface area contributed by atoms with Gasteiger partial charge < -0.3 is 29.0 Å². The normalized spacial score (nSPS) is 14.4. The molecule has 0 aliphatic carbocycles. The van der Waals surface area contributed by atoms with Gasteiger partial charge in [0.25, 0.3) is 0 Å². The van der Waals surface area contributed by atoms with Gasteiger partial charge in [0.05, 0.1) is 27.0 Å². The van der Waals surface area contributed by atoms with Gasteiger partial charge in [-0.25, -0.2) is 0 Å². The Morgan fingerprint density at radius 3 is 2.33 bits per heavy atom. The molecule has 39 heavy (non-hydrogen) atoms. The number of benzene rings is 3. The van der Waals surface area contributed by atoms with Crippen LogP contribution in [-0.2, 0) is 11.2 Å². The van der Waals surface area contributed by atoms with Gasteiger partial charge in [-0.15, -0.1) is 0 Å². The van der Waals surface area contributed by atoms with Crippen LogP contribution in [0.3, 0.4) is 0 Å². The average molecular weight is 528 g/mol. The van der Waals surface area contributed by atoms with Crippen LogP contribution >= 0.6 is 0 Å². The molecule has 204 valence electrons. The highest BCUT2D eigenvalue weighted by Crippen LogP contribution is 2.39. The lowest BCUT2D eigenvalue weighted by Gasteiger charge is -2.37. The van der Waals surface area contributed by atoms with E-state index in [-0.39, 0.29) is 11.8 Å². The van der Waals surface area contributed by atoms with E-state index < -0.39 is 0 Å². The van der Waals surface area contributed by atoms with Crippen LogP contribution in [0.1, 0.15) is 36.0 Å². The molecule has 1 N–H and O–H groups in total. The second-order valence-electron chi connectivity index (χ2n) is 9.85. The van der Waals surface area contributed by atoms with Gasteiger partial charge in [0.15, 0.2) is 11.5 Å².